The van der Waals surface area contributed by atoms with Crippen LogP contribution in [0.25, 0.3) is 6.08 Å². The lowest BCUT2D eigenvalue weighted by Crippen LogP contribution is -2.12. The molecule has 1 heterocycles. The fourth-order valence-corrected chi connectivity index (χ4v) is 2.04. The lowest BCUT2D eigenvalue weighted by Gasteiger charge is -2.21. The average Bonchev–Trinajstić information content (AvgIpc) is 2.32. The third-order valence-corrected chi connectivity index (χ3v) is 2.92. The molecule has 17 heavy (non-hydrogen) atoms. The minimum Gasteiger partial charge on any atom is -0.490 e. The molecule has 0 aromatic heterocycles. The van der Waals surface area contributed by atoms with Crippen LogP contribution in [0.3, 0.4) is 0 Å². The van der Waals surface area contributed by atoms with Gasteiger partial charge in [-0.2, -0.15) is 0 Å². The van der Waals surface area contributed by atoms with E-state index in [1.807, 2.05) is 6.92 Å². The Kier molecular flexibility index (Phi) is 3.50. The maximum absolute atomic E-state index is 13.8. The average molecular weight is 236 g/mol. The number of hydrogen-bond donors (Lipinski definition) is 2. The lowest BCUT2D eigenvalue weighted by atomic mass is 9.88. The van der Waals surface area contributed by atoms with E-state index >= 15 is 0 Å². The molecule has 0 bridgehead atoms. The summed E-state index contributed by atoms with van der Waals surface area (Å²) in [6, 6.07) is 1.36. The first-order chi connectivity index (χ1) is 8.09. The van der Waals surface area contributed by atoms with E-state index in [1.54, 1.807) is 0 Å². The Balaban J connectivity index is 2.45. The van der Waals surface area contributed by atoms with Gasteiger partial charge in [0, 0.05) is 5.56 Å². The fourth-order valence-electron chi connectivity index (χ4n) is 2.04. The molecule has 1 aliphatic rings. The molecule has 5 heteroatoms. The molecular weight excluding hydrogens is 222 g/mol. The second-order valence-electron chi connectivity index (χ2n) is 4.11. The third-order valence-electron chi connectivity index (χ3n) is 2.92. The van der Waals surface area contributed by atoms with Crippen molar-refractivity contribution in [2.75, 3.05) is 6.61 Å². The minimum absolute atomic E-state index is 0.343. The first-order valence-electron chi connectivity index (χ1n) is 5.58. The second-order valence-corrected chi connectivity index (χ2v) is 4.11. The van der Waals surface area contributed by atoms with Crippen LogP contribution in [0, 0.1) is 12.7 Å². The zero-order chi connectivity index (χ0) is 12.4. The van der Waals surface area contributed by atoms with Crippen LogP contribution in [-0.4, -0.2) is 23.8 Å². The van der Waals surface area contributed by atoms with Crippen molar-refractivity contribution >= 4 is 13.2 Å². The Hall–Kier alpha value is -1.33. The molecule has 0 saturated heterocycles. The van der Waals surface area contributed by atoms with Crippen molar-refractivity contribution in [2.45, 2.75) is 19.8 Å². The highest BCUT2D eigenvalue weighted by atomic mass is 19.1. The quantitative estimate of drug-likeness (QED) is 0.764. The SMILES string of the molecule is Cc1c(/C=C/B(O)O)cc(F)c2c1CCCO2. The number of rotatable bonds is 2. The molecule has 0 radical (unpaired) electrons. The van der Waals surface area contributed by atoms with E-state index in [-0.39, 0.29) is 0 Å². The summed E-state index contributed by atoms with van der Waals surface area (Å²) in [5.74, 6) is 1.16. The van der Waals surface area contributed by atoms with Crippen LogP contribution in [-0.2, 0) is 6.42 Å². The fraction of sp³-hybridized carbons (Fsp3) is 0.333. The predicted octanol–water partition coefficient (Wildman–Crippen LogP) is 1.48. The van der Waals surface area contributed by atoms with E-state index in [2.05, 4.69) is 0 Å². The molecule has 0 unspecified atom stereocenters. The zero-order valence-corrected chi connectivity index (χ0v) is 9.61. The van der Waals surface area contributed by atoms with Gasteiger partial charge in [0.1, 0.15) is 0 Å². The van der Waals surface area contributed by atoms with Crippen LogP contribution in [0.1, 0.15) is 23.1 Å². The molecule has 3 nitrogen and oxygen atoms in total. The van der Waals surface area contributed by atoms with Gasteiger partial charge in [0.25, 0.3) is 0 Å². The van der Waals surface area contributed by atoms with E-state index in [0.717, 1.165) is 24.0 Å². The van der Waals surface area contributed by atoms with Gasteiger partial charge >= 0.3 is 7.12 Å². The Bertz CT molecular complexity index is 458. The predicted molar refractivity (Wildman–Crippen MR) is 64.2 cm³/mol. The number of benzene rings is 1. The van der Waals surface area contributed by atoms with Gasteiger partial charge in [0.2, 0.25) is 0 Å². The summed E-state index contributed by atoms with van der Waals surface area (Å²) < 4.78 is 19.1. The van der Waals surface area contributed by atoms with E-state index in [0.29, 0.717) is 17.9 Å². The van der Waals surface area contributed by atoms with E-state index in [1.165, 1.54) is 18.1 Å². The normalized spacial score (nSPS) is 14.6. The molecule has 0 saturated carbocycles. The summed E-state index contributed by atoms with van der Waals surface area (Å²) in [6.07, 6.45) is 3.18. The van der Waals surface area contributed by atoms with Crippen molar-refractivity contribution in [2.24, 2.45) is 0 Å². The van der Waals surface area contributed by atoms with Crippen molar-refractivity contribution in [1.82, 2.24) is 0 Å². The molecule has 2 rings (SSSR count). The van der Waals surface area contributed by atoms with Gasteiger partial charge in [-0.1, -0.05) is 12.1 Å². The molecule has 0 aliphatic carbocycles. The van der Waals surface area contributed by atoms with Crippen LogP contribution in [0.2, 0.25) is 0 Å². The number of hydrogen-bond acceptors (Lipinski definition) is 3. The van der Waals surface area contributed by atoms with Gasteiger partial charge in [0.15, 0.2) is 11.6 Å². The monoisotopic (exact) mass is 236 g/mol. The van der Waals surface area contributed by atoms with Gasteiger partial charge in [-0.15, -0.1) is 0 Å². The molecule has 1 aromatic rings. The molecule has 0 amide bonds. The van der Waals surface area contributed by atoms with Gasteiger partial charge in [-0.05, 0) is 37.0 Å². The summed E-state index contributed by atoms with van der Waals surface area (Å²) in [5.41, 5.74) is 2.46. The summed E-state index contributed by atoms with van der Waals surface area (Å²) in [4.78, 5) is 0. The van der Waals surface area contributed by atoms with Gasteiger partial charge < -0.3 is 14.8 Å². The summed E-state index contributed by atoms with van der Waals surface area (Å²) in [6.45, 7) is 2.43. The molecular formula is C12H14BFO3. The van der Waals surface area contributed by atoms with Gasteiger partial charge in [0.05, 0.1) is 6.61 Å². The van der Waals surface area contributed by atoms with E-state index in [9.17, 15) is 4.39 Å². The number of halogens is 1. The molecule has 90 valence electrons. The van der Waals surface area contributed by atoms with Crippen LogP contribution in [0.15, 0.2) is 12.0 Å². The summed E-state index contributed by atoms with van der Waals surface area (Å²) >= 11 is 0. The largest absolute Gasteiger partial charge is 0.490 e. The summed E-state index contributed by atoms with van der Waals surface area (Å²) in [5, 5.41) is 17.5. The minimum atomic E-state index is -1.52. The van der Waals surface area contributed by atoms with Gasteiger partial charge in [-0.25, -0.2) is 4.39 Å². The third kappa shape index (κ3) is 2.51. The number of fused-ring (bicyclic) bond motifs is 1. The Morgan fingerprint density at radius 2 is 2.24 bits per heavy atom. The van der Waals surface area contributed by atoms with Crippen molar-refractivity contribution in [3.8, 4) is 5.75 Å². The molecule has 0 spiro atoms. The van der Waals surface area contributed by atoms with Gasteiger partial charge in [-0.3, -0.25) is 0 Å². The standard InChI is InChI=1S/C12H14BFO3/c1-8-9(4-5-13(15)16)7-11(14)12-10(8)3-2-6-17-12/h4-5,7,15-16H,2-3,6H2,1H3/b5-4+. The van der Waals surface area contributed by atoms with Crippen molar-refractivity contribution in [1.29, 1.82) is 0 Å². The zero-order valence-electron chi connectivity index (χ0n) is 9.61. The highest BCUT2D eigenvalue weighted by Crippen LogP contribution is 2.33. The molecule has 1 aliphatic heterocycles. The smallest absolute Gasteiger partial charge is 0.480 e. The number of ether oxygens (including phenoxy) is 1. The highest BCUT2D eigenvalue weighted by Gasteiger charge is 2.19. The van der Waals surface area contributed by atoms with Crippen LogP contribution in [0.4, 0.5) is 4.39 Å². The Morgan fingerprint density at radius 1 is 1.47 bits per heavy atom. The first kappa shape index (κ1) is 12.1. The molecule has 0 fully saturated rings. The van der Waals surface area contributed by atoms with Crippen LogP contribution < -0.4 is 4.74 Å². The van der Waals surface area contributed by atoms with Crippen LogP contribution in [0.5, 0.6) is 5.75 Å². The molecule has 2 N–H and O–H groups in total. The van der Waals surface area contributed by atoms with Crippen molar-refractivity contribution in [3.63, 3.8) is 0 Å². The maximum Gasteiger partial charge on any atom is 0.480 e. The van der Waals surface area contributed by atoms with Crippen molar-refractivity contribution in [3.05, 3.63) is 34.5 Å². The molecule has 0 atom stereocenters. The summed E-state index contributed by atoms with van der Waals surface area (Å²) in [7, 11) is -1.52. The Morgan fingerprint density at radius 3 is 2.94 bits per heavy atom. The lowest BCUT2D eigenvalue weighted by molar-refractivity contribution is 0.272. The van der Waals surface area contributed by atoms with Crippen molar-refractivity contribution < 1.29 is 19.2 Å². The second kappa shape index (κ2) is 4.90. The molecule has 1 aromatic carbocycles. The van der Waals surface area contributed by atoms with E-state index in [4.69, 9.17) is 14.8 Å². The maximum atomic E-state index is 13.8. The first-order valence-corrected chi connectivity index (χ1v) is 5.58. The van der Waals surface area contributed by atoms with E-state index < -0.39 is 12.9 Å². The highest BCUT2D eigenvalue weighted by molar-refractivity contribution is 6.48. The van der Waals surface area contributed by atoms with Crippen LogP contribution >= 0.6 is 0 Å². The Labute approximate surface area is 99.7 Å². The topological polar surface area (TPSA) is 49.7 Å².